The minimum absolute atomic E-state index is 0.0661. The molecule has 1 aromatic heterocycles. The van der Waals surface area contributed by atoms with Crippen molar-refractivity contribution in [2.75, 3.05) is 18.5 Å². The van der Waals surface area contributed by atoms with Crippen LogP contribution in [0.15, 0.2) is 29.4 Å². The number of alkyl halides is 3. The summed E-state index contributed by atoms with van der Waals surface area (Å²) in [5.74, 6) is -1.04. The van der Waals surface area contributed by atoms with Crippen LogP contribution in [0.1, 0.15) is 56.7 Å². The second kappa shape index (κ2) is 13.1. The molecule has 0 radical (unpaired) electrons. The third-order valence-corrected chi connectivity index (χ3v) is 13.9. The fourth-order valence-electron chi connectivity index (χ4n) is 5.38. The van der Waals surface area contributed by atoms with Gasteiger partial charge < -0.3 is 20.3 Å². The predicted octanol–water partition coefficient (Wildman–Crippen LogP) is 9.43. The van der Waals surface area contributed by atoms with Gasteiger partial charge in [-0.1, -0.05) is 67.3 Å². The highest BCUT2D eigenvalue weighted by molar-refractivity contribution is 6.74. The number of oxime groups is 1. The van der Waals surface area contributed by atoms with Gasteiger partial charge in [-0.2, -0.15) is 13.2 Å². The monoisotopic (exact) mass is 672 g/mol. The van der Waals surface area contributed by atoms with Gasteiger partial charge in [-0.15, -0.1) is 0 Å². The molecule has 0 bridgehead atoms. The topological polar surface area (TPSA) is 78.8 Å². The van der Waals surface area contributed by atoms with Crippen molar-refractivity contribution in [1.29, 1.82) is 0 Å². The number of hydrogen-bond donors (Lipinski definition) is 3. The summed E-state index contributed by atoms with van der Waals surface area (Å²) in [6, 6.07) is 5.35. The van der Waals surface area contributed by atoms with E-state index < -0.39 is 37.0 Å². The van der Waals surface area contributed by atoms with Crippen LogP contribution in [0.3, 0.4) is 0 Å². The van der Waals surface area contributed by atoms with Crippen molar-refractivity contribution >= 4 is 54.3 Å². The highest BCUT2D eigenvalue weighted by Gasteiger charge is 2.38. The Morgan fingerprint density at radius 2 is 1.93 bits per heavy atom. The molecule has 1 aliphatic heterocycles. The van der Waals surface area contributed by atoms with Crippen LogP contribution in [0.5, 0.6) is 0 Å². The van der Waals surface area contributed by atoms with Gasteiger partial charge in [0.1, 0.15) is 10.7 Å². The van der Waals surface area contributed by atoms with Gasteiger partial charge in [0.25, 0.3) is 0 Å². The Balaban J connectivity index is 1.72. The van der Waals surface area contributed by atoms with Gasteiger partial charge in [-0.3, -0.25) is 0 Å². The van der Waals surface area contributed by atoms with Crippen LogP contribution < -0.4 is 10.6 Å². The Hall–Kier alpha value is -2.44. The van der Waals surface area contributed by atoms with E-state index >= 15 is 4.39 Å². The number of aromatic nitrogens is 1. The number of nitrogens with zero attached hydrogens (tertiary/aromatic N) is 2. The summed E-state index contributed by atoms with van der Waals surface area (Å²) in [6.45, 7) is 13.7. The fourth-order valence-corrected chi connectivity index (χ4v) is 6.96. The lowest BCUT2D eigenvalue weighted by molar-refractivity contribution is -0.137. The maximum Gasteiger partial charge on any atom is 0.417 e. The molecule has 13 heteroatoms. The van der Waals surface area contributed by atoms with Crippen LogP contribution in [0, 0.1) is 12.7 Å². The lowest BCUT2D eigenvalue weighted by atomic mass is 9.93. The highest BCUT2D eigenvalue weighted by Crippen LogP contribution is 2.45. The van der Waals surface area contributed by atoms with Crippen LogP contribution in [0.2, 0.25) is 28.3 Å². The average molecular weight is 674 g/mol. The van der Waals surface area contributed by atoms with Crippen LogP contribution in [-0.4, -0.2) is 50.0 Å². The smallest absolute Gasteiger partial charge is 0.417 e. The van der Waals surface area contributed by atoms with Crippen molar-refractivity contribution in [2.24, 2.45) is 5.16 Å². The molecule has 2 heterocycles. The Bertz CT molecular complexity index is 1560. The van der Waals surface area contributed by atoms with Crippen molar-refractivity contribution in [2.45, 2.75) is 83.3 Å². The zero-order valence-electron chi connectivity index (χ0n) is 25.6. The summed E-state index contributed by atoms with van der Waals surface area (Å²) in [7, 11) is -1.89. The zero-order valence-corrected chi connectivity index (χ0v) is 28.1. The first-order valence-corrected chi connectivity index (χ1v) is 18.1. The standard InChI is InChI=1S/C31H38Cl2F4N4O2Si/c1-17-8-7-9-20(25(17)31(35,36)37)24-23(32)15-21-27(22(16-39-42)29(33)41-28(21)26(24)34)40-19-10-12-38-18(14-19)11-13-43-44(5,6)30(2,3)4/h7-9,15-16,18-19,38,42H,10-14H2,1-6H3,(H,40,41)/b39-16+/t18-,19+/m1/s1. The SMILES string of the molecule is Cc1cccc(-c2c(Cl)cc3c(N[C@H]4CCN[C@H](CCO[Si](C)(C)C(C)(C)C)C4)c(/C=N/O)c(Cl)nc3c2F)c1C(F)(F)F. The number of benzene rings is 2. The summed E-state index contributed by atoms with van der Waals surface area (Å²) in [5.41, 5.74) is -1.58. The van der Waals surface area contributed by atoms with Gasteiger partial charge in [-0.05, 0) is 68.1 Å². The lowest BCUT2D eigenvalue weighted by Gasteiger charge is -2.37. The molecule has 44 heavy (non-hydrogen) atoms. The molecule has 1 saturated heterocycles. The summed E-state index contributed by atoms with van der Waals surface area (Å²) in [5, 5.41) is 19.4. The number of hydrogen-bond acceptors (Lipinski definition) is 6. The Morgan fingerprint density at radius 3 is 2.57 bits per heavy atom. The average Bonchev–Trinajstić information content (AvgIpc) is 2.90. The van der Waals surface area contributed by atoms with Crippen LogP contribution in [-0.2, 0) is 10.6 Å². The maximum absolute atomic E-state index is 16.2. The van der Waals surface area contributed by atoms with Gasteiger partial charge in [0.2, 0.25) is 0 Å². The number of pyridine rings is 1. The first-order chi connectivity index (χ1) is 20.5. The molecule has 0 amide bonds. The van der Waals surface area contributed by atoms with Gasteiger partial charge >= 0.3 is 6.18 Å². The number of aryl methyl sites for hydroxylation is 1. The van der Waals surface area contributed by atoms with E-state index in [2.05, 4.69) is 54.6 Å². The fraction of sp³-hybridized carbons (Fsp3) is 0.484. The van der Waals surface area contributed by atoms with Crippen molar-refractivity contribution in [3.63, 3.8) is 0 Å². The second-order valence-corrected chi connectivity index (χ2v) is 18.4. The minimum atomic E-state index is -4.74. The molecule has 6 nitrogen and oxygen atoms in total. The molecule has 1 aliphatic rings. The number of piperidine rings is 1. The van der Waals surface area contributed by atoms with Crippen molar-refractivity contribution in [3.8, 4) is 11.1 Å². The molecule has 0 unspecified atom stereocenters. The number of halogens is 6. The third kappa shape index (κ3) is 7.17. The lowest BCUT2D eigenvalue weighted by Crippen LogP contribution is -2.45. The molecule has 0 aliphatic carbocycles. The van der Waals surface area contributed by atoms with Gasteiger partial charge in [0.05, 0.1) is 28.1 Å². The van der Waals surface area contributed by atoms with Gasteiger partial charge in [0.15, 0.2) is 14.1 Å². The highest BCUT2D eigenvalue weighted by atomic mass is 35.5. The normalized spacial score (nSPS) is 18.4. The number of nitrogens with one attached hydrogen (secondary N) is 2. The van der Waals surface area contributed by atoms with Crippen molar-refractivity contribution < 1.29 is 27.2 Å². The predicted molar refractivity (Wildman–Crippen MR) is 172 cm³/mol. The first kappa shape index (κ1) is 34.4. The summed E-state index contributed by atoms with van der Waals surface area (Å²) < 4.78 is 64.8. The van der Waals surface area contributed by atoms with E-state index in [1.807, 2.05) is 0 Å². The minimum Gasteiger partial charge on any atom is -0.417 e. The molecular formula is C31H38Cl2F4N4O2Si. The van der Waals surface area contributed by atoms with Crippen molar-refractivity contribution in [3.05, 3.63) is 56.9 Å². The summed E-state index contributed by atoms with van der Waals surface area (Å²) >= 11 is 13.0. The molecule has 2 atom stereocenters. The van der Waals surface area contributed by atoms with Crippen LogP contribution in [0.4, 0.5) is 23.2 Å². The molecule has 2 aromatic carbocycles. The molecule has 4 rings (SSSR count). The van der Waals surface area contributed by atoms with E-state index in [-0.39, 0.29) is 49.3 Å². The van der Waals surface area contributed by atoms with E-state index in [0.29, 0.717) is 18.7 Å². The Labute approximate surface area is 266 Å². The second-order valence-electron chi connectivity index (χ2n) is 12.8. The van der Waals surface area contributed by atoms with E-state index in [9.17, 15) is 18.4 Å². The molecule has 1 fully saturated rings. The first-order valence-electron chi connectivity index (χ1n) is 14.5. The Kier molecular flexibility index (Phi) is 10.3. The van der Waals surface area contributed by atoms with Crippen LogP contribution in [0.25, 0.3) is 22.0 Å². The molecular weight excluding hydrogens is 635 g/mol. The zero-order chi connectivity index (χ0) is 32.6. The summed E-state index contributed by atoms with van der Waals surface area (Å²) in [4.78, 5) is 4.17. The molecule has 3 N–H and O–H groups in total. The van der Waals surface area contributed by atoms with E-state index in [1.54, 1.807) is 0 Å². The van der Waals surface area contributed by atoms with E-state index in [4.69, 9.17) is 27.6 Å². The van der Waals surface area contributed by atoms with Gasteiger partial charge in [-0.25, -0.2) is 9.37 Å². The Morgan fingerprint density at radius 1 is 1.23 bits per heavy atom. The van der Waals surface area contributed by atoms with E-state index in [1.165, 1.54) is 31.2 Å². The molecule has 0 spiro atoms. The number of fused-ring (bicyclic) bond motifs is 1. The van der Waals surface area contributed by atoms with E-state index in [0.717, 1.165) is 25.6 Å². The quantitative estimate of drug-likeness (QED) is 0.0555. The molecule has 3 aromatic rings. The van der Waals surface area contributed by atoms with Crippen molar-refractivity contribution in [1.82, 2.24) is 10.3 Å². The number of anilines is 1. The molecule has 240 valence electrons. The van der Waals surface area contributed by atoms with Crippen LogP contribution >= 0.6 is 23.2 Å². The largest absolute Gasteiger partial charge is 0.417 e. The van der Waals surface area contributed by atoms with Gasteiger partial charge in [0, 0.05) is 29.6 Å². The number of rotatable bonds is 8. The third-order valence-electron chi connectivity index (χ3n) is 8.75. The maximum atomic E-state index is 16.2. The molecule has 0 saturated carbocycles. The summed E-state index contributed by atoms with van der Waals surface area (Å²) in [6.07, 6.45) is -1.42.